The average molecular weight is 343 g/mol. The summed E-state index contributed by atoms with van der Waals surface area (Å²) in [5, 5.41) is 2.77. The fourth-order valence-corrected chi connectivity index (χ4v) is 3.58. The maximum atomic E-state index is 13.0. The van der Waals surface area contributed by atoms with Crippen LogP contribution in [0.2, 0.25) is 0 Å². The number of hydrogen-bond acceptors (Lipinski definition) is 3. The standard InChI is InChI=1S/C19H25N3O3/c1-13-7-9-15(10-8-13)19(3)17(24)22(18(25)20-19)14(2)16(23)21-11-5-4-6-12-21/h7-10,14H,4-6,11-12H2,1-3H3,(H,20,25)/t14-,19-/m1/s1. The van der Waals surface area contributed by atoms with Gasteiger partial charge in [0.05, 0.1) is 0 Å². The van der Waals surface area contributed by atoms with Gasteiger partial charge in [0, 0.05) is 13.1 Å². The van der Waals surface area contributed by atoms with Gasteiger partial charge in [0.15, 0.2) is 0 Å². The van der Waals surface area contributed by atoms with E-state index in [1.54, 1.807) is 18.7 Å². The molecule has 6 heteroatoms. The predicted octanol–water partition coefficient (Wildman–Crippen LogP) is 2.16. The third kappa shape index (κ3) is 3.01. The second kappa shape index (κ2) is 6.50. The molecule has 0 aromatic heterocycles. The lowest BCUT2D eigenvalue weighted by Crippen LogP contribution is -2.51. The number of urea groups is 1. The average Bonchev–Trinajstić information content (AvgIpc) is 2.85. The second-order valence-electron chi connectivity index (χ2n) is 7.16. The summed E-state index contributed by atoms with van der Waals surface area (Å²) < 4.78 is 0. The summed E-state index contributed by atoms with van der Waals surface area (Å²) in [6.45, 7) is 6.68. The first-order valence-corrected chi connectivity index (χ1v) is 8.86. The molecule has 2 aliphatic rings. The molecule has 0 bridgehead atoms. The van der Waals surface area contributed by atoms with Gasteiger partial charge in [-0.3, -0.25) is 9.59 Å². The second-order valence-corrected chi connectivity index (χ2v) is 7.16. The molecular formula is C19H25N3O3. The molecule has 2 heterocycles. The van der Waals surface area contributed by atoms with E-state index in [1.807, 2.05) is 31.2 Å². The molecule has 0 unspecified atom stereocenters. The molecule has 0 radical (unpaired) electrons. The van der Waals surface area contributed by atoms with Gasteiger partial charge in [-0.2, -0.15) is 0 Å². The zero-order chi connectivity index (χ0) is 18.2. The quantitative estimate of drug-likeness (QED) is 0.855. The Morgan fingerprint density at radius 3 is 2.32 bits per heavy atom. The number of benzene rings is 1. The van der Waals surface area contributed by atoms with E-state index in [4.69, 9.17) is 0 Å². The van der Waals surface area contributed by atoms with Crippen LogP contribution >= 0.6 is 0 Å². The van der Waals surface area contributed by atoms with Crippen LogP contribution in [0, 0.1) is 6.92 Å². The maximum Gasteiger partial charge on any atom is 0.326 e. The summed E-state index contributed by atoms with van der Waals surface area (Å²) >= 11 is 0. The van der Waals surface area contributed by atoms with Crippen LogP contribution in [0.4, 0.5) is 4.79 Å². The van der Waals surface area contributed by atoms with Crippen LogP contribution in [0.25, 0.3) is 0 Å². The third-order valence-electron chi connectivity index (χ3n) is 5.26. The highest BCUT2D eigenvalue weighted by atomic mass is 16.2. The van der Waals surface area contributed by atoms with Gasteiger partial charge in [-0.15, -0.1) is 0 Å². The molecule has 4 amide bonds. The van der Waals surface area contributed by atoms with Crippen molar-refractivity contribution in [2.45, 2.75) is 51.6 Å². The molecule has 2 saturated heterocycles. The third-order valence-corrected chi connectivity index (χ3v) is 5.26. The Bertz CT molecular complexity index is 694. The van der Waals surface area contributed by atoms with Crippen LogP contribution in [0.1, 0.15) is 44.2 Å². The number of piperidine rings is 1. The molecule has 0 saturated carbocycles. The molecule has 6 nitrogen and oxygen atoms in total. The number of imide groups is 1. The Labute approximate surface area is 148 Å². The lowest BCUT2D eigenvalue weighted by Gasteiger charge is -2.32. The van der Waals surface area contributed by atoms with E-state index >= 15 is 0 Å². The van der Waals surface area contributed by atoms with Gasteiger partial charge < -0.3 is 10.2 Å². The van der Waals surface area contributed by atoms with Crippen LogP contribution in [-0.4, -0.2) is 46.8 Å². The number of hydrogen-bond donors (Lipinski definition) is 1. The smallest absolute Gasteiger partial charge is 0.326 e. The van der Waals surface area contributed by atoms with Gasteiger partial charge in [0.1, 0.15) is 11.6 Å². The maximum absolute atomic E-state index is 13.0. The van der Waals surface area contributed by atoms with Crippen molar-refractivity contribution in [1.29, 1.82) is 0 Å². The first-order chi connectivity index (χ1) is 11.8. The summed E-state index contributed by atoms with van der Waals surface area (Å²) in [5.41, 5.74) is 0.660. The molecule has 1 N–H and O–H groups in total. The first kappa shape index (κ1) is 17.5. The van der Waals surface area contributed by atoms with E-state index in [-0.39, 0.29) is 11.8 Å². The van der Waals surface area contributed by atoms with Crippen molar-refractivity contribution < 1.29 is 14.4 Å². The minimum atomic E-state index is -1.14. The zero-order valence-corrected chi connectivity index (χ0v) is 15.0. The monoisotopic (exact) mass is 343 g/mol. The summed E-state index contributed by atoms with van der Waals surface area (Å²) in [6.07, 6.45) is 3.06. The fraction of sp³-hybridized carbons (Fsp3) is 0.526. The largest absolute Gasteiger partial charge is 0.341 e. The topological polar surface area (TPSA) is 69.7 Å². The molecule has 3 rings (SSSR count). The van der Waals surface area contributed by atoms with E-state index in [2.05, 4.69) is 5.32 Å². The Balaban J connectivity index is 1.83. The fourth-order valence-electron chi connectivity index (χ4n) is 3.58. The molecule has 2 aliphatic heterocycles. The van der Waals surface area contributed by atoms with E-state index in [1.165, 1.54) is 0 Å². The number of rotatable bonds is 3. The molecule has 1 aromatic carbocycles. The van der Waals surface area contributed by atoms with Crippen LogP contribution in [0.15, 0.2) is 24.3 Å². The van der Waals surface area contributed by atoms with Crippen LogP contribution in [0.5, 0.6) is 0 Å². The molecule has 1 aromatic rings. The molecular weight excluding hydrogens is 318 g/mol. The van der Waals surface area contributed by atoms with Gasteiger partial charge >= 0.3 is 6.03 Å². The highest BCUT2D eigenvalue weighted by Gasteiger charge is 2.52. The Hall–Kier alpha value is -2.37. The van der Waals surface area contributed by atoms with Crippen LogP contribution in [0.3, 0.4) is 0 Å². The summed E-state index contributed by atoms with van der Waals surface area (Å²) in [4.78, 5) is 41.1. The van der Waals surface area contributed by atoms with Gasteiger partial charge in [-0.05, 0) is 45.6 Å². The van der Waals surface area contributed by atoms with Crippen molar-refractivity contribution in [2.24, 2.45) is 0 Å². The molecule has 25 heavy (non-hydrogen) atoms. The number of nitrogens with one attached hydrogen (secondary N) is 1. The van der Waals surface area contributed by atoms with E-state index in [0.717, 1.165) is 35.3 Å². The van der Waals surface area contributed by atoms with Gasteiger partial charge in [-0.25, -0.2) is 9.69 Å². The van der Waals surface area contributed by atoms with Gasteiger partial charge in [0.25, 0.3) is 5.91 Å². The van der Waals surface area contributed by atoms with Crippen LogP contribution < -0.4 is 5.32 Å². The summed E-state index contributed by atoms with van der Waals surface area (Å²) in [5.74, 6) is -0.532. The minimum Gasteiger partial charge on any atom is -0.341 e. The van der Waals surface area contributed by atoms with Crippen molar-refractivity contribution in [2.75, 3.05) is 13.1 Å². The SMILES string of the molecule is Cc1ccc([C@@]2(C)NC(=O)N([C@H](C)C(=O)N3CCCCC3)C2=O)cc1. The zero-order valence-electron chi connectivity index (χ0n) is 15.0. The molecule has 134 valence electrons. The van der Waals surface area contributed by atoms with Crippen molar-refractivity contribution in [3.8, 4) is 0 Å². The molecule has 2 atom stereocenters. The Morgan fingerprint density at radius 1 is 1.12 bits per heavy atom. The molecule has 2 fully saturated rings. The summed E-state index contributed by atoms with van der Waals surface area (Å²) in [6, 6.07) is 6.20. The van der Waals surface area contributed by atoms with Gasteiger partial charge in [0.2, 0.25) is 5.91 Å². The Kier molecular flexibility index (Phi) is 4.54. The van der Waals surface area contributed by atoms with Crippen molar-refractivity contribution in [3.63, 3.8) is 0 Å². The van der Waals surface area contributed by atoms with Crippen molar-refractivity contribution in [1.82, 2.24) is 15.1 Å². The summed E-state index contributed by atoms with van der Waals surface area (Å²) in [7, 11) is 0. The molecule has 0 spiro atoms. The number of carbonyl (C=O) groups is 3. The van der Waals surface area contributed by atoms with Crippen molar-refractivity contribution >= 4 is 17.8 Å². The number of carbonyl (C=O) groups excluding carboxylic acids is 3. The number of nitrogens with zero attached hydrogens (tertiary/aromatic N) is 2. The highest BCUT2D eigenvalue weighted by molar-refractivity contribution is 6.09. The number of aryl methyl sites for hydroxylation is 1. The van der Waals surface area contributed by atoms with Gasteiger partial charge in [-0.1, -0.05) is 29.8 Å². The first-order valence-electron chi connectivity index (χ1n) is 8.86. The normalized spacial score (nSPS) is 25.1. The lowest BCUT2D eigenvalue weighted by atomic mass is 9.91. The van der Waals surface area contributed by atoms with E-state index in [0.29, 0.717) is 13.1 Å². The number of likely N-dealkylation sites (tertiary alicyclic amines) is 1. The van der Waals surface area contributed by atoms with E-state index in [9.17, 15) is 14.4 Å². The highest BCUT2D eigenvalue weighted by Crippen LogP contribution is 2.30. The predicted molar refractivity (Wildman–Crippen MR) is 93.8 cm³/mol. The Morgan fingerprint density at radius 2 is 1.72 bits per heavy atom. The van der Waals surface area contributed by atoms with E-state index < -0.39 is 17.6 Å². The minimum absolute atomic E-state index is 0.156. The number of amides is 4. The van der Waals surface area contributed by atoms with Crippen LogP contribution in [-0.2, 0) is 15.1 Å². The lowest BCUT2D eigenvalue weighted by molar-refractivity contribution is -0.143. The van der Waals surface area contributed by atoms with Crippen molar-refractivity contribution in [3.05, 3.63) is 35.4 Å². The molecule has 0 aliphatic carbocycles.